The molecule has 0 saturated carbocycles. The first-order chi connectivity index (χ1) is 10.6. The topological polar surface area (TPSA) is 68.0 Å². The number of nitrogens with zero attached hydrogens (tertiary/aromatic N) is 2. The van der Waals surface area contributed by atoms with Gasteiger partial charge in [-0.1, -0.05) is 11.2 Å². The molecule has 0 unspecified atom stereocenters. The fourth-order valence-electron chi connectivity index (χ4n) is 1.89. The average molecular weight is 297 g/mol. The van der Waals surface area contributed by atoms with Crippen molar-refractivity contribution in [3.8, 4) is 11.3 Å². The van der Waals surface area contributed by atoms with Gasteiger partial charge in [-0.15, -0.1) is 0 Å². The monoisotopic (exact) mass is 297 g/mol. The number of benzene rings is 1. The highest BCUT2D eigenvalue weighted by Gasteiger charge is 2.14. The normalized spacial score (nSPS) is 10.5. The molecule has 1 N–H and O–H groups in total. The Balaban J connectivity index is 1.78. The molecule has 0 radical (unpaired) electrons. The summed E-state index contributed by atoms with van der Waals surface area (Å²) in [5.74, 6) is -0.413. The van der Waals surface area contributed by atoms with Crippen LogP contribution in [0.15, 0.2) is 53.3 Å². The second-order valence-electron chi connectivity index (χ2n) is 4.74. The van der Waals surface area contributed by atoms with Crippen LogP contribution in [-0.4, -0.2) is 16.0 Å². The molecule has 1 amide bonds. The van der Waals surface area contributed by atoms with Gasteiger partial charge in [-0.3, -0.25) is 9.78 Å². The number of aromatic nitrogens is 2. The Morgan fingerprint density at radius 3 is 2.86 bits per heavy atom. The van der Waals surface area contributed by atoms with Crippen LogP contribution in [0.4, 0.5) is 10.1 Å². The van der Waals surface area contributed by atoms with Crippen LogP contribution >= 0.6 is 0 Å². The molecule has 3 aromatic rings. The quantitative estimate of drug-likeness (QED) is 0.804. The molecule has 0 atom stereocenters. The third-order valence-corrected chi connectivity index (χ3v) is 3.12. The Hall–Kier alpha value is -3.02. The fourth-order valence-corrected chi connectivity index (χ4v) is 1.89. The first-order valence-electron chi connectivity index (χ1n) is 6.58. The number of amides is 1. The van der Waals surface area contributed by atoms with Crippen LogP contribution in [0.2, 0.25) is 0 Å². The minimum Gasteiger partial charge on any atom is -0.355 e. The summed E-state index contributed by atoms with van der Waals surface area (Å²) in [7, 11) is 0. The van der Waals surface area contributed by atoms with Gasteiger partial charge in [0.1, 0.15) is 5.82 Å². The Kier molecular flexibility index (Phi) is 3.65. The van der Waals surface area contributed by atoms with E-state index in [0.29, 0.717) is 17.0 Å². The molecule has 0 saturated heterocycles. The van der Waals surface area contributed by atoms with E-state index in [4.69, 9.17) is 4.52 Å². The number of nitrogens with one attached hydrogen (secondary N) is 1. The SMILES string of the molecule is Cc1ccc(NC(=O)c2cc(-c3cccnc3)on2)cc1F. The van der Waals surface area contributed by atoms with Crippen LogP contribution < -0.4 is 5.32 Å². The smallest absolute Gasteiger partial charge is 0.277 e. The molecule has 110 valence electrons. The standard InChI is InChI=1S/C16H12FN3O2/c1-10-4-5-12(7-13(10)17)19-16(21)14-8-15(22-20-14)11-3-2-6-18-9-11/h2-9H,1H3,(H,19,21). The number of hydrogen-bond acceptors (Lipinski definition) is 4. The third kappa shape index (κ3) is 2.85. The number of hydrogen-bond donors (Lipinski definition) is 1. The van der Waals surface area contributed by atoms with E-state index in [1.54, 1.807) is 43.6 Å². The van der Waals surface area contributed by atoms with Crippen molar-refractivity contribution < 1.29 is 13.7 Å². The molecule has 2 heterocycles. The van der Waals surface area contributed by atoms with Crippen LogP contribution in [0.25, 0.3) is 11.3 Å². The van der Waals surface area contributed by atoms with Gasteiger partial charge in [0.2, 0.25) is 0 Å². The van der Waals surface area contributed by atoms with Crippen molar-refractivity contribution in [2.24, 2.45) is 0 Å². The van der Waals surface area contributed by atoms with E-state index in [-0.39, 0.29) is 11.5 Å². The first kappa shape index (κ1) is 13.9. The zero-order chi connectivity index (χ0) is 15.5. The maximum absolute atomic E-state index is 13.5. The van der Waals surface area contributed by atoms with Crippen LogP contribution in [0.1, 0.15) is 16.1 Å². The van der Waals surface area contributed by atoms with Crippen LogP contribution in [0.5, 0.6) is 0 Å². The summed E-state index contributed by atoms with van der Waals surface area (Å²) in [4.78, 5) is 16.1. The van der Waals surface area contributed by atoms with E-state index >= 15 is 0 Å². The van der Waals surface area contributed by atoms with Gasteiger partial charge >= 0.3 is 0 Å². The average Bonchev–Trinajstić information content (AvgIpc) is 3.02. The number of halogens is 1. The molecule has 0 aliphatic rings. The molecule has 3 rings (SSSR count). The zero-order valence-corrected chi connectivity index (χ0v) is 11.7. The summed E-state index contributed by atoms with van der Waals surface area (Å²) in [6.45, 7) is 1.65. The molecule has 0 aliphatic carbocycles. The lowest BCUT2D eigenvalue weighted by atomic mass is 10.2. The zero-order valence-electron chi connectivity index (χ0n) is 11.7. The Morgan fingerprint density at radius 1 is 1.27 bits per heavy atom. The summed E-state index contributed by atoms with van der Waals surface area (Å²) in [6.07, 6.45) is 3.25. The highest BCUT2D eigenvalue weighted by atomic mass is 19.1. The molecule has 22 heavy (non-hydrogen) atoms. The van der Waals surface area contributed by atoms with Crippen molar-refractivity contribution >= 4 is 11.6 Å². The number of rotatable bonds is 3. The van der Waals surface area contributed by atoms with E-state index in [9.17, 15) is 9.18 Å². The van der Waals surface area contributed by atoms with Gasteiger partial charge in [-0.05, 0) is 36.8 Å². The van der Waals surface area contributed by atoms with E-state index in [1.807, 2.05) is 0 Å². The Morgan fingerprint density at radius 2 is 2.14 bits per heavy atom. The molecule has 5 nitrogen and oxygen atoms in total. The van der Waals surface area contributed by atoms with Gasteiger partial charge in [-0.25, -0.2) is 4.39 Å². The molecule has 6 heteroatoms. The minimum absolute atomic E-state index is 0.111. The van der Waals surface area contributed by atoms with E-state index in [2.05, 4.69) is 15.5 Å². The summed E-state index contributed by atoms with van der Waals surface area (Å²) in [6, 6.07) is 9.54. The Labute approximate surface area is 125 Å². The molecule has 0 fully saturated rings. The largest absolute Gasteiger partial charge is 0.355 e. The molecule has 0 bridgehead atoms. The summed E-state index contributed by atoms with van der Waals surface area (Å²) >= 11 is 0. The lowest BCUT2D eigenvalue weighted by molar-refractivity contribution is 0.101. The molecular formula is C16H12FN3O2. The first-order valence-corrected chi connectivity index (χ1v) is 6.58. The molecular weight excluding hydrogens is 285 g/mol. The van der Waals surface area contributed by atoms with E-state index in [0.717, 1.165) is 5.56 Å². The fraction of sp³-hybridized carbons (Fsp3) is 0.0625. The van der Waals surface area contributed by atoms with Crippen molar-refractivity contribution in [1.82, 2.24) is 10.1 Å². The molecule has 0 aliphatic heterocycles. The lowest BCUT2D eigenvalue weighted by Gasteiger charge is -2.03. The van der Waals surface area contributed by atoms with E-state index < -0.39 is 5.91 Å². The van der Waals surface area contributed by atoms with Crippen molar-refractivity contribution in [2.75, 3.05) is 5.32 Å². The van der Waals surface area contributed by atoms with Gasteiger partial charge in [0.05, 0.1) is 0 Å². The minimum atomic E-state index is -0.470. The number of anilines is 1. The van der Waals surface area contributed by atoms with Gasteiger partial charge in [0.15, 0.2) is 11.5 Å². The van der Waals surface area contributed by atoms with E-state index in [1.165, 1.54) is 12.1 Å². The van der Waals surface area contributed by atoms with Gasteiger partial charge in [-0.2, -0.15) is 0 Å². The predicted molar refractivity (Wildman–Crippen MR) is 78.8 cm³/mol. The highest BCUT2D eigenvalue weighted by Crippen LogP contribution is 2.20. The van der Waals surface area contributed by atoms with Crippen LogP contribution in [0.3, 0.4) is 0 Å². The van der Waals surface area contributed by atoms with Crippen molar-refractivity contribution in [2.45, 2.75) is 6.92 Å². The second-order valence-corrected chi connectivity index (χ2v) is 4.74. The molecule has 0 spiro atoms. The maximum atomic E-state index is 13.5. The van der Waals surface area contributed by atoms with Crippen molar-refractivity contribution in [3.63, 3.8) is 0 Å². The van der Waals surface area contributed by atoms with Gasteiger partial charge in [0.25, 0.3) is 5.91 Å². The number of carbonyl (C=O) groups excluding carboxylic acids is 1. The van der Waals surface area contributed by atoms with Gasteiger partial charge in [0, 0.05) is 29.7 Å². The molecule has 2 aromatic heterocycles. The summed E-state index contributed by atoms with van der Waals surface area (Å²) in [5, 5.41) is 6.29. The van der Waals surface area contributed by atoms with Crippen LogP contribution in [0, 0.1) is 12.7 Å². The lowest BCUT2D eigenvalue weighted by Crippen LogP contribution is -2.12. The van der Waals surface area contributed by atoms with Gasteiger partial charge < -0.3 is 9.84 Å². The predicted octanol–water partition coefficient (Wildman–Crippen LogP) is 3.44. The van der Waals surface area contributed by atoms with Crippen LogP contribution in [-0.2, 0) is 0 Å². The summed E-state index contributed by atoms with van der Waals surface area (Å²) in [5.41, 5.74) is 1.70. The summed E-state index contributed by atoms with van der Waals surface area (Å²) < 4.78 is 18.6. The van der Waals surface area contributed by atoms with Crippen molar-refractivity contribution in [3.05, 3.63) is 65.9 Å². The second kappa shape index (κ2) is 5.77. The maximum Gasteiger partial charge on any atom is 0.277 e. The highest BCUT2D eigenvalue weighted by molar-refractivity contribution is 6.03. The number of pyridine rings is 1. The molecule has 1 aromatic carbocycles. The number of carbonyl (C=O) groups is 1. The third-order valence-electron chi connectivity index (χ3n) is 3.12. The Bertz CT molecular complexity index is 815. The number of aryl methyl sites for hydroxylation is 1. The van der Waals surface area contributed by atoms with Crippen molar-refractivity contribution in [1.29, 1.82) is 0 Å².